The van der Waals surface area contributed by atoms with Crippen molar-refractivity contribution in [1.82, 2.24) is 15.4 Å². The predicted molar refractivity (Wildman–Crippen MR) is 61.7 cm³/mol. The Morgan fingerprint density at radius 3 is 2.59 bits per heavy atom. The van der Waals surface area contributed by atoms with E-state index in [4.69, 9.17) is 10.3 Å². The lowest BCUT2D eigenvalue weighted by Crippen LogP contribution is -2.14. The fourth-order valence-corrected chi connectivity index (χ4v) is 1.31. The number of aryl methyl sites for hydroxylation is 2. The Morgan fingerprint density at radius 1 is 1.41 bits per heavy atom. The van der Waals surface area contributed by atoms with E-state index < -0.39 is 5.91 Å². The second-order valence-corrected chi connectivity index (χ2v) is 3.79. The van der Waals surface area contributed by atoms with Crippen molar-refractivity contribution >= 4 is 17.5 Å². The number of carbonyl (C=O) groups excluding carboxylic acids is 1. The minimum absolute atomic E-state index is 0.149. The topological polar surface area (TPSA) is 110 Å². The first-order valence-corrected chi connectivity index (χ1v) is 5.05. The molecule has 0 unspecified atom stereocenters. The molecule has 2 aromatic heterocycles. The van der Waals surface area contributed by atoms with Crippen molar-refractivity contribution in [2.24, 2.45) is 0 Å². The number of rotatable bonds is 2. The maximum Gasteiger partial charge on any atom is 0.280 e. The molecule has 4 N–H and O–H groups in total. The molecule has 90 valence electrons. The Kier molecular flexibility index (Phi) is 2.58. The summed E-state index contributed by atoms with van der Waals surface area (Å²) < 4.78 is 4.97. The number of hydrogen-bond donors (Lipinski definition) is 3. The summed E-state index contributed by atoms with van der Waals surface area (Å²) in [5, 5.41) is 12.8. The van der Waals surface area contributed by atoms with Gasteiger partial charge in [-0.25, -0.2) is 0 Å². The van der Waals surface area contributed by atoms with Gasteiger partial charge in [0.05, 0.1) is 17.1 Å². The van der Waals surface area contributed by atoms with Crippen molar-refractivity contribution in [1.29, 1.82) is 0 Å². The lowest BCUT2D eigenvalue weighted by Gasteiger charge is -2.00. The molecule has 7 nitrogen and oxygen atoms in total. The molecule has 2 rings (SSSR count). The van der Waals surface area contributed by atoms with Crippen LogP contribution in [0, 0.1) is 20.8 Å². The zero-order valence-electron chi connectivity index (χ0n) is 9.79. The number of nitrogens with zero attached hydrogens (tertiary/aromatic N) is 2. The summed E-state index contributed by atoms with van der Waals surface area (Å²) in [6.07, 6.45) is 0. The number of hydrogen-bond acceptors (Lipinski definition) is 5. The van der Waals surface area contributed by atoms with E-state index in [9.17, 15) is 4.79 Å². The van der Waals surface area contributed by atoms with Gasteiger partial charge in [0.15, 0.2) is 5.69 Å². The summed E-state index contributed by atoms with van der Waals surface area (Å²) in [5.41, 5.74) is 8.34. The molecule has 0 atom stereocenters. The molecule has 2 aromatic rings. The molecule has 1 amide bonds. The second kappa shape index (κ2) is 3.93. The standard InChI is InChI=1S/C10H13N5O2/c1-4-5(2)15-17-10(4)12-9(16)8-7(11)6(3)13-14-8/h11H2,1-3H3,(H,12,16)(H,13,14). The highest BCUT2D eigenvalue weighted by Crippen LogP contribution is 2.19. The van der Waals surface area contributed by atoms with Crippen molar-refractivity contribution in [3.8, 4) is 0 Å². The molecular weight excluding hydrogens is 222 g/mol. The molecule has 2 heterocycles. The Balaban J connectivity index is 2.23. The number of nitrogens with one attached hydrogen (secondary N) is 2. The zero-order valence-corrected chi connectivity index (χ0v) is 9.79. The first kappa shape index (κ1) is 11.2. The third kappa shape index (κ3) is 1.86. The van der Waals surface area contributed by atoms with E-state index in [2.05, 4.69) is 20.7 Å². The number of H-pyrrole nitrogens is 1. The van der Waals surface area contributed by atoms with E-state index in [1.54, 1.807) is 20.8 Å². The molecule has 0 bridgehead atoms. The van der Waals surface area contributed by atoms with Crippen LogP contribution < -0.4 is 11.1 Å². The highest BCUT2D eigenvalue weighted by molar-refractivity contribution is 6.06. The van der Waals surface area contributed by atoms with Gasteiger partial charge in [-0.15, -0.1) is 0 Å². The highest BCUT2D eigenvalue weighted by atomic mass is 16.5. The second-order valence-electron chi connectivity index (χ2n) is 3.79. The molecule has 17 heavy (non-hydrogen) atoms. The van der Waals surface area contributed by atoms with Gasteiger partial charge in [0.25, 0.3) is 5.91 Å². The van der Waals surface area contributed by atoms with Crippen molar-refractivity contribution in [3.05, 3.63) is 22.6 Å². The molecule has 7 heteroatoms. The molecule has 0 aliphatic carbocycles. The van der Waals surface area contributed by atoms with Gasteiger partial charge in [0.2, 0.25) is 5.88 Å². The van der Waals surface area contributed by atoms with Gasteiger partial charge in [0, 0.05) is 5.56 Å². The fraction of sp³-hybridized carbons (Fsp3) is 0.300. The Morgan fingerprint density at radius 2 is 2.12 bits per heavy atom. The summed E-state index contributed by atoms with van der Waals surface area (Å²) in [5.74, 6) is -0.112. The van der Waals surface area contributed by atoms with Crippen LogP contribution >= 0.6 is 0 Å². The van der Waals surface area contributed by atoms with Crippen molar-refractivity contribution < 1.29 is 9.32 Å². The predicted octanol–water partition coefficient (Wildman–Crippen LogP) is 1.16. The van der Waals surface area contributed by atoms with E-state index >= 15 is 0 Å². The number of amides is 1. The summed E-state index contributed by atoms with van der Waals surface area (Å²) >= 11 is 0. The Hall–Kier alpha value is -2.31. The minimum Gasteiger partial charge on any atom is -0.395 e. The molecule has 0 radical (unpaired) electrons. The van der Waals surface area contributed by atoms with Crippen LogP contribution in [0.3, 0.4) is 0 Å². The number of aromatic nitrogens is 3. The maximum absolute atomic E-state index is 11.8. The van der Waals surface area contributed by atoms with Crippen molar-refractivity contribution in [2.75, 3.05) is 11.1 Å². The summed E-state index contributed by atoms with van der Waals surface area (Å²) in [7, 11) is 0. The van der Waals surface area contributed by atoms with Gasteiger partial charge in [-0.1, -0.05) is 5.16 Å². The van der Waals surface area contributed by atoms with Crippen LogP contribution in [0.25, 0.3) is 0 Å². The Labute approximate surface area is 97.4 Å². The van der Waals surface area contributed by atoms with Crippen molar-refractivity contribution in [3.63, 3.8) is 0 Å². The van der Waals surface area contributed by atoms with Crippen LogP contribution in [0.2, 0.25) is 0 Å². The van der Waals surface area contributed by atoms with Gasteiger partial charge in [-0.3, -0.25) is 15.2 Å². The summed E-state index contributed by atoms with van der Waals surface area (Å²) in [6.45, 7) is 5.34. The first-order chi connectivity index (χ1) is 8.00. The third-order valence-corrected chi connectivity index (χ3v) is 2.59. The number of aromatic amines is 1. The van der Waals surface area contributed by atoms with Crippen molar-refractivity contribution in [2.45, 2.75) is 20.8 Å². The molecule has 0 saturated carbocycles. The lowest BCUT2D eigenvalue weighted by atomic mass is 10.2. The Bertz CT molecular complexity index is 569. The summed E-state index contributed by atoms with van der Waals surface area (Å²) in [4.78, 5) is 11.8. The molecule has 0 spiro atoms. The van der Waals surface area contributed by atoms with Gasteiger partial charge < -0.3 is 10.3 Å². The first-order valence-electron chi connectivity index (χ1n) is 5.05. The molecule has 0 aromatic carbocycles. The number of carbonyl (C=O) groups is 1. The molecular formula is C10H13N5O2. The summed E-state index contributed by atoms with van der Waals surface area (Å²) in [6, 6.07) is 0. The molecule has 0 fully saturated rings. The van der Waals surface area contributed by atoms with E-state index in [1.165, 1.54) is 0 Å². The van der Waals surface area contributed by atoms with Crippen LogP contribution in [-0.2, 0) is 0 Å². The zero-order chi connectivity index (χ0) is 12.6. The van der Waals surface area contributed by atoms with E-state index in [0.717, 1.165) is 11.3 Å². The smallest absolute Gasteiger partial charge is 0.280 e. The average Bonchev–Trinajstić information content (AvgIpc) is 2.77. The van der Waals surface area contributed by atoms with Gasteiger partial charge in [-0.2, -0.15) is 5.10 Å². The van der Waals surface area contributed by atoms with Crippen LogP contribution in [-0.4, -0.2) is 21.3 Å². The van der Waals surface area contributed by atoms with Gasteiger partial charge >= 0.3 is 0 Å². The van der Waals surface area contributed by atoms with E-state index in [0.29, 0.717) is 17.3 Å². The number of nitrogens with two attached hydrogens (primary N) is 1. The maximum atomic E-state index is 11.8. The van der Waals surface area contributed by atoms with Gasteiger partial charge in [-0.05, 0) is 20.8 Å². The van der Waals surface area contributed by atoms with Gasteiger partial charge in [0.1, 0.15) is 0 Å². The van der Waals surface area contributed by atoms with Crippen LogP contribution in [0.1, 0.15) is 27.4 Å². The molecule has 0 saturated heterocycles. The van der Waals surface area contributed by atoms with Crippen LogP contribution in [0.4, 0.5) is 11.6 Å². The highest BCUT2D eigenvalue weighted by Gasteiger charge is 2.18. The number of anilines is 2. The molecule has 0 aliphatic heterocycles. The van der Waals surface area contributed by atoms with Crippen LogP contribution in [0.15, 0.2) is 4.52 Å². The number of nitrogen functional groups attached to an aromatic ring is 1. The minimum atomic E-state index is -0.425. The lowest BCUT2D eigenvalue weighted by molar-refractivity contribution is 0.102. The average molecular weight is 235 g/mol. The SMILES string of the molecule is Cc1noc(NC(=O)c2n[nH]c(C)c2N)c1C. The largest absolute Gasteiger partial charge is 0.395 e. The molecule has 0 aliphatic rings. The monoisotopic (exact) mass is 235 g/mol. The quantitative estimate of drug-likeness (QED) is 0.723. The normalized spacial score (nSPS) is 10.5. The van der Waals surface area contributed by atoms with Crippen LogP contribution in [0.5, 0.6) is 0 Å². The van der Waals surface area contributed by atoms with E-state index in [-0.39, 0.29) is 5.69 Å². The fourth-order valence-electron chi connectivity index (χ4n) is 1.31. The van der Waals surface area contributed by atoms with E-state index in [1.807, 2.05) is 0 Å². The third-order valence-electron chi connectivity index (χ3n) is 2.59.